The van der Waals surface area contributed by atoms with Gasteiger partial charge in [0.1, 0.15) is 5.15 Å². The Hall–Kier alpha value is -0.900. The van der Waals surface area contributed by atoms with Gasteiger partial charge in [0.05, 0.1) is 0 Å². The summed E-state index contributed by atoms with van der Waals surface area (Å²) in [5.41, 5.74) is 2.73. The number of halogens is 1. The van der Waals surface area contributed by atoms with Crippen molar-refractivity contribution in [2.24, 2.45) is 0 Å². The SMILES string of the molecule is Clc1ccc(CC2NCCc3ccsc32)cn1. The molecule has 0 bridgehead atoms. The highest BCUT2D eigenvalue weighted by molar-refractivity contribution is 7.10. The van der Waals surface area contributed by atoms with Crippen LogP contribution in [0, 0.1) is 0 Å². The number of hydrogen-bond acceptors (Lipinski definition) is 3. The summed E-state index contributed by atoms with van der Waals surface area (Å²) in [6.45, 7) is 1.06. The highest BCUT2D eigenvalue weighted by Crippen LogP contribution is 2.30. The van der Waals surface area contributed by atoms with E-state index in [0.717, 1.165) is 19.4 Å². The molecule has 0 saturated heterocycles. The third-order valence-corrected chi connectivity index (χ3v) is 4.41. The highest BCUT2D eigenvalue weighted by Gasteiger charge is 2.20. The van der Waals surface area contributed by atoms with Crippen LogP contribution in [-0.4, -0.2) is 11.5 Å². The predicted octanol–water partition coefficient (Wildman–Crippen LogP) is 3.23. The molecule has 0 aliphatic carbocycles. The van der Waals surface area contributed by atoms with Crippen LogP contribution in [0.25, 0.3) is 0 Å². The normalized spacial score (nSPS) is 19.0. The smallest absolute Gasteiger partial charge is 0.129 e. The number of nitrogens with one attached hydrogen (secondary N) is 1. The molecule has 1 aliphatic rings. The van der Waals surface area contributed by atoms with E-state index in [9.17, 15) is 0 Å². The molecule has 2 aromatic rings. The Morgan fingerprint density at radius 2 is 2.35 bits per heavy atom. The van der Waals surface area contributed by atoms with Gasteiger partial charge in [-0.1, -0.05) is 17.7 Å². The summed E-state index contributed by atoms with van der Waals surface area (Å²) in [4.78, 5) is 5.61. The number of thiophene rings is 1. The molecule has 0 aromatic carbocycles. The van der Waals surface area contributed by atoms with Gasteiger partial charge in [-0.2, -0.15) is 0 Å². The van der Waals surface area contributed by atoms with E-state index in [1.165, 1.54) is 16.0 Å². The molecule has 0 radical (unpaired) electrons. The molecule has 3 heterocycles. The van der Waals surface area contributed by atoms with Crippen molar-refractivity contribution < 1.29 is 0 Å². The highest BCUT2D eigenvalue weighted by atomic mass is 35.5. The second-order valence-electron chi connectivity index (χ2n) is 4.26. The number of pyridine rings is 1. The molecular formula is C13H13ClN2S. The number of hydrogen-bond donors (Lipinski definition) is 1. The Morgan fingerprint density at radius 3 is 3.18 bits per heavy atom. The maximum Gasteiger partial charge on any atom is 0.129 e. The van der Waals surface area contributed by atoms with E-state index in [2.05, 4.69) is 27.8 Å². The summed E-state index contributed by atoms with van der Waals surface area (Å²) in [5.74, 6) is 0. The first-order chi connectivity index (χ1) is 8.33. The van der Waals surface area contributed by atoms with E-state index in [0.29, 0.717) is 11.2 Å². The molecular weight excluding hydrogens is 252 g/mol. The molecule has 0 spiro atoms. The fourth-order valence-corrected chi connectivity index (χ4v) is 3.40. The van der Waals surface area contributed by atoms with Crippen LogP contribution in [0.15, 0.2) is 29.8 Å². The van der Waals surface area contributed by atoms with Gasteiger partial charge in [-0.15, -0.1) is 11.3 Å². The van der Waals surface area contributed by atoms with Crippen LogP contribution < -0.4 is 5.32 Å². The Morgan fingerprint density at radius 1 is 1.41 bits per heavy atom. The molecule has 2 nitrogen and oxygen atoms in total. The van der Waals surface area contributed by atoms with Crippen LogP contribution in [-0.2, 0) is 12.8 Å². The topological polar surface area (TPSA) is 24.9 Å². The first-order valence-electron chi connectivity index (χ1n) is 5.73. The van der Waals surface area contributed by atoms with Crippen molar-refractivity contribution in [1.82, 2.24) is 10.3 Å². The minimum absolute atomic E-state index is 0.432. The first-order valence-corrected chi connectivity index (χ1v) is 6.99. The lowest BCUT2D eigenvalue weighted by Gasteiger charge is -2.24. The largest absolute Gasteiger partial charge is 0.309 e. The van der Waals surface area contributed by atoms with E-state index in [4.69, 9.17) is 11.6 Å². The number of nitrogens with zero attached hydrogens (tertiary/aromatic N) is 1. The lowest BCUT2D eigenvalue weighted by atomic mass is 9.99. The number of aromatic nitrogens is 1. The molecule has 0 saturated carbocycles. The van der Waals surface area contributed by atoms with Crippen LogP contribution in [0.2, 0.25) is 5.15 Å². The molecule has 1 N–H and O–H groups in total. The van der Waals surface area contributed by atoms with Gasteiger partial charge < -0.3 is 5.32 Å². The van der Waals surface area contributed by atoms with E-state index in [1.54, 1.807) is 0 Å². The zero-order valence-corrected chi connectivity index (χ0v) is 10.9. The average Bonchev–Trinajstić information content (AvgIpc) is 2.81. The second-order valence-corrected chi connectivity index (χ2v) is 5.60. The van der Waals surface area contributed by atoms with Crippen LogP contribution in [0.1, 0.15) is 22.0 Å². The fraction of sp³-hybridized carbons (Fsp3) is 0.308. The Bertz CT molecular complexity index is 506. The number of fused-ring (bicyclic) bond motifs is 1. The van der Waals surface area contributed by atoms with Crippen molar-refractivity contribution in [2.75, 3.05) is 6.54 Å². The predicted molar refractivity (Wildman–Crippen MR) is 71.7 cm³/mol. The average molecular weight is 265 g/mol. The van der Waals surface area contributed by atoms with E-state index in [-0.39, 0.29) is 0 Å². The Labute approximate surface area is 110 Å². The molecule has 1 atom stereocenters. The summed E-state index contributed by atoms with van der Waals surface area (Å²) in [5, 5.41) is 6.32. The quantitative estimate of drug-likeness (QED) is 0.843. The second kappa shape index (κ2) is 4.77. The van der Waals surface area contributed by atoms with Gasteiger partial charge in [0.15, 0.2) is 0 Å². The lowest BCUT2D eigenvalue weighted by molar-refractivity contribution is 0.512. The van der Waals surface area contributed by atoms with Gasteiger partial charge in [-0.05, 0) is 48.0 Å². The van der Waals surface area contributed by atoms with Crippen LogP contribution in [0.3, 0.4) is 0 Å². The molecule has 17 heavy (non-hydrogen) atoms. The van der Waals surface area contributed by atoms with Crippen molar-refractivity contribution in [3.8, 4) is 0 Å². The van der Waals surface area contributed by atoms with E-state index in [1.807, 2.05) is 23.6 Å². The van der Waals surface area contributed by atoms with Gasteiger partial charge in [0.25, 0.3) is 0 Å². The van der Waals surface area contributed by atoms with E-state index >= 15 is 0 Å². The number of rotatable bonds is 2. The zero-order chi connectivity index (χ0) is 11.7. The first kappa shape index (κ1) is 11.2. The van der Waals surface area contributed by atoms with Crippen molar-refractivity contribution in [2.45, 2.75) is 18.9 Å². The van der Waals surface area contributed by atoms with Crippen LogP contribution >= 0.6 is 22.9 Å². The zero-order valence-electron chi connectivity index (χ0n) is 9.32. The molecule has 0 fully saturated rings. The van der Waals surface area contributed by atoms with Gasteiger partial charge in [-0.3, -0.25) is 0 Å². The van der Waals surface area contributed by atoms with Crippen LogP contribution in [0.4, 0.5) is 0 Å². The molecule has 3 rings (SSSR count). The van der Waals surface area contributed by atoms with Gasteiger partial charge >= 0.3 is 0 Å². The minimum Gasteiger partial charge on any atom is -0.309 e. The molecule has 0 amide bonds. The van der Waals surface area contributed by atoms with E-state index < -0.39 is 0 Å². The minimum atomic E-state index is 0.432. The molecule has 88 valence electrons. The molecule has 1 aliphatic heterocycles. The van der Waals surface area contributed by atoms with Crippen molar-refractivity contribution in [1.29, 1.82) is 0 Å². The fourth-order valence-electron chi connectivity index (χ4n) is 2.26. The monoisotopic (exact) mass is 264 g/mol. The maximum absolute atomic E-state index is 5.79. The van der Waals surface area contributed by atoms with Gasteiger partial charge in [-0.25, -0.2) is 4.98 Å². The van der Waals surface area contributed by atoms with Crippen molar-refractivity contribution in [3.63, 3.8) is 0 Å². The Balaban J connectivity index is 1.81. The van der Waals surface area contributed by atoms with Crippen molar-refractivity contribution in [3.05, 3.63) is 50.9 Å². The summed E-state index contributed by atoms with van der Waals surface area (Å²) < 4.78 is 0. The molecule has 1 unspecified atom stereocenters. The summed E-state index contributed by atoms with van der Waals surface area (Å²) in [6, 6.07) is 6.59. The molecule has 4 heteroatoms. The van der Waals surface area contributed by atoms with Gasteiger partial charge in [0.2, 0.25) is 0 Å². The Kier molecular flexibility index (Phi) is 3.14. The lowest BCUT2D eigenvalue weighted by Crippen LogP contribution is -2.29. The third-order valence-electron chi connectivity index (χ3n) is 3.11. The summed E-state index contributed by atoms with van der Waals surface area (Å²) in [7, 11) is 0. The summed E-state index contributed by atoms with van der Waals surface area (Å²) >= 11 is 7.64. The standard InChI is InChI=1S/C13H13ClN2S/c14-12-2-1-9(8-16-12)7-11-13-10(3-5-15-11)4-6-17-13/h1-2,4,6,8,11,15H,3,5,7H2. The summed E-state index contributed by atoms with van der Waals surface area (Å²) in [6.07, 6.45) is 4.00. The third kappa shape index (κ3) is 2.37. The molecule has 2 aromatic heterocycles. The van der Waals surface area contributed by atoms with Crippen LogP contribution in [0.5, 0.6) is 0 Å². The van der Waals surface area contributed by atoms with Gasteiger partial charge in [0, 0.05) is 17.1 Å². The van der Waals surface area contributed by atoms with Crippen molar-refractivity contribution >= 4 is 22.9 Å². The maximum atomic E-state index is 5.79.